The highest BCUT2D eigenvalue weighted by Gasteiger charge is 2.32. The van der Waals surface area contributed by atoms with Crippen molar-refractivity contribution in [1.82, 2.24) is 9.88 Å². The van der Waals surface area contributed by atoms with Gasteiger partial charge in [-0.3, -0.25) is 9.88 Å². The van der Waals surface area contributed by atoms with E-state index < -0.39 is 0 Å². The van der Waals surface area contributed by atoms with Crippen molar-refractivity contribution in [3.8, 4) is 0 Å². The molecule has 88 valence electrons. The van der Waals surface area contributed by atoms with Gasteiger partial charge in [-0.25, -0.2) is 0 Å². The van der Waals surface area contributed by atoms with Crippen LogP contribution in [0.25, 0.3) is 0 Å². The van der Waals surface area contributed by atoms with Crippen molar-refractivity contribution in [2.45, 2.75) is 38.8 Å². The molecule has 1 aromatic rings. The summed E-state index contributed by atoms with van der Waals surface area (Å²) in [6.45, 7) is 6.48. The first-order valence-electron chi connectivity index (χ1n) is 6.14. The van der Waals surface area contributed by atoms with Crippen molar-refractivity contribution in [1.29, 1.82) is 0 Å². The van der Waals surface area contributed by atoms with Crippen LogP contribution in [0.3, 0.4) is 0 Å². The van der Waals surface area contributed by atoms with Gasteiger partial charge in [0.15, 0.2) is 0 Å². The predicted octanol–water partition coefficient (Wildman–Crippen LogP) is 1.87. The van der Waals surface area contributed by atoms with E-state index in [-0.39, 0.29) is 6.04 Å². The molecule has 0 unspecified atom stereocenters. The summed E-state index contributed by atoms with van der Waals surface area (Å²) in [6.07, 6.45) is 4.26. The molecule has 3 heteroatoms. The van der Waals surface area contributed by atoms with Gasteiger partial charge in [0, 0.05) is 24.5 Å². The Morgan fingerprint density at radius 2 is 2.31 bits per heavy atom. The highest BCUT2D eigenvalue weighted by atomic mass is 15.2. The van der Waals surface area contributed by atoms with Crippen molar-refractivity contribution in [3.63, 3.8) is 0 Å². The second kappa shape index (κ2) is 4.93. The molecule has 1 saturated heterocycles. The molecule has 0 radical (unpaired) electrons. The molecule has 0 bridgehead atoms. The van der Waals surface area contributed by atoms with E-state index in [1.165, 1.54) is 12.0 Å². The van der Waals surface area contributed by atoms with E-state index in [1.807, 2.05) is 13.1 Å². The van der Waals surface area contributed by atoms with Crippen molar-refractivity contribution in [3.05, 3.63) is 29.6 Å². The Morgan fingerprint density at radius 1 is 1.50 bits per heavy atom. The van der Waals surface area contributed by atoms with Crippen LogP contribution in [-0.2, 0) is 0 Å². The summed E-state index contributed by atoms with van der Waals surface area (Å²) in [6, 6.07) is 4.87. The number of rotatable bonds is 3. The van der Waals surface area contributed by atoms with E-state index in [0.717, 1.165) is 25.2 Å². The van der Waals surface area contributed by atoms with E-state index in [2.05, 4.69) is 28.9 Å². The Kier molecular flexibility index (Phi) is 3.56. The predicted molar refractivity (Wildman–Crippen MR) is 66.2 cm³/mol. The summed E-state index contributed by atoms with van der Waals surface area (Å²) in [5.74, 6) is 0. The molecule has 2 rings (SSSR count). The third-order valence-corrected chi connectivity index (χ3v) is 3.34. The smallest absolute Gasteiger partial charge is 0.0514 e. The van der Waals surface area contributed by atoms with E-state index >= 15 is 0 Å². The molecular formula is C13H21N3. The molecule has 1 aromatic heterocycles. The van der Waals surface area contributed by atoms with Crippen LogP contribution in [0, 0.1) is 6.92 Å². The molecule has 0 amide bonds. The summed E-state index contributed by atoms with van der Waals surface area (Å²) in [7, 11) is 0. The molecule has 16 heavy (non-hydrogen) atoms. The minimum absolute atomic E-state index is 0.260. The number of nitrogens with zero attached hydrogens (tertiary/aromatic N) is 2. The number of pyridine rings is 1. The largest absolute Gasteiger partial charge is 0.326 e. The molecule has 1 aliphatic heterocycles. The van der Waals surface area contributed by atoms with Crippen LogP contribution < -0.4 is 5.73 Å². The molecule has 2 heterocycles. The van der Waals surface area contributed by atoms with Crippen molar-refractivity contribution < 1.29 is 0 Å². The minimum atomic E-state index is 0.260. The van der Waals surface area contributed by atoms with Crippen molar-refractivity contribution >= 4 is 0 Å². The quantitative estimate of drug-likeness (QED) is 0.844. The number of likely N-dealkylation sites (tertiary alicyclic amines) is 1. The lowest BCUT2D eigenvalue weighted by atomic mass is 10.0. The number of aromatic nitrogens is 1. The molecule has 0 aromatic carbocycles. The summed E-state index contributed by atoms with van der Waals surface area (Å²) >= 11 is 0. The van der Waals surface area contributed by atoms with Crippen molar-refractivity contribution in [2.24, 2.45) is 5.73 Å². The fourth-order valence-electron chi connectivity index (χ4n) is 2.53. The number of aryl methyl sites for hydroxylation is 1. The normalized spacial score (nSPS) is 26.2. The highest BCUT2D eigenvalue weighted by molar-refractivity contribution is 5.20. The lowest BCUT2D eigenvalue weighted by molar-refractivity contribution is 0.248. The van der Waals surface area contributed by atoms with Crippen LogP contribution in [-0.4, -0.2) is 29.0 Å². The fraction of sp³-hybridized carbons (Fsp3) is 0.615. The van der Waals surface area contributed by atoms with Crippen LogP contribution in [0.4, 0.5) is 0 Å². The molecule has 0 aliphatic carbocycles. The first-order valence-corrected chi connectivity index (χ1v) is 6.14. The first-order chi connectivity index (χ1) is 7.72. The van der Waals surface area contributed by atoms with E-state index in [0.29, 0.717) is 6.04 Å². The Labute approximate surface area is 97.7 Å². The zero-order chi connectivity index (χ0) is 11.5. The van der Waals surface area contributed by atoms with Gasteiger partial charge in [0.25, 0.3) is 0 Å². The lowest BCUT2D eigenvalue weighted by Crippen LogP contribution is -2.32. The topological polar surface area (TPSA) is 42.1 Å². The lowest BCUT2D eigenvalue weighted by Gasteiger charge is -2.26. The van der Waals surface area contributed by atoms with Crippen LogP contribution in [0.2, 0.25) is 0 Å². The maximum absolute atomic E-state index is 6.20. The van der Waals surface area contributed by atoms with Gasteiger partial charge in [-0.15, -0.1) is 0 Å². The van der Waals surface area contributed by atoms with Gasteiger partial charge < -0.3 is 5.73 Å². The summed E-state index contributed by atoms with van der Waals surface area (Å²) < 4.78 is 0. The van der Waals surface area contributed by atoms with Crippen LogP contribution in [0.1, 0.15) is 37.1 Å². The van der Waals surface area contributed by atoms with E-state index in [1.54, 1.807) is 0 Å². The second-order valence-corrected chi connectivity index (χ2v) is 4.67. The van der Waals surface area contributed by atoms with Crippen LogP contribution >= 0.6 is 0 Å². The number of nitrogens with two attached hydrogens (primary N) is 1. The minimum Gasteiger partial charge on any atom is -0.326 e. The highest BCUT2D eigenvalue weighted by Crippen LogP contribution is 2.30. The maximum atomic E-state index is 6.20. The number of hydrogen-bond donors (Lipinski definition) is 1. The Balaban J connectivity index is 2.19. The van der Waals surface area contributed by atoms with Crippen LogP contribution in [0.15, 0.2) is 18.3 Å². The average Bonchev–Trinajstić information content (AvgIpc) is 2.62. The van der Waals surface area contributed by atoms with Gasteiger partial charge in [0.05, 0.1) is 6.04 Å². The third-order valence-electron chi connectivity index (χ3n) is 3.34. The Bertz CT molecular complexity index is 332. The molecule has 0 spiro atoms. The SMILES string of the molecule is CCCN1CC[C@@H](N)[C@@H]1c1ccc(C)nc1. The maximum Gasteiger partial charge on any atom is 0.0514 e. The monoisotopic (exact) mass is 219 g/mol. The Hall–Kier alpha value is -0.930. The first kappa shape index (κ1) is 11.6. The molecule has 1 aliphatic rings. The van der Waals surface area contributed by atoms with Gasteiger partial charge >= 0.3 is 0 Å². The molecule has 2 N–H and O–H groups in total. The zero-order valence-electron chi connectivity index (χ0n) is 10.2. The molecule has 2 atom stereocenters. The molecule has 1 fully saturated rings. The van der Waals surface area contributed by atoms with Gasteiger partial charge in [-0.1, -0.05) is 13.0 Å². The average molecular weight is 219 g/mol. The van der Waals surface area contributed by atoms with E-state index in [4.69, 9.17) is 5.73 Å². The van der Waals surface area contributed by atoms with Gasteiger partial charge in [0.1, 0.15) is 0 Å². The second-order valence-electron chi connectivity index (χ2n) is 4.67. The number of hydrogen-bond acceptors (Lipinski definition) is 3. The van der Waals surface area contributed by atoms with Gasteiger partial charge in [-0.2, -0.15) is 0 Å². The summed E-state index contributed by atoms with van der Waals surface area (Å²) in [5, 5.41) is 0. The van der Waals surface area contributed by atoms with E-state index in [9.17, 15) is 0 Å². The summed E-state index contributed by atoms with van der Waals surface area (Å²) in [5.41, 5.74) is 8.53. The van der Waals surface area contributed by atoms with Gasteiger partial charge in [-0.05, 0) is 37.9 Å². The fourth-order valence-corrected chi connectivity index (χ4v) is 2.53. The summed E-state index contributed by atoms with van der Waals surface area (Å²) in [4.78, 5) is 6.85. The molecule has 0 saturated carbocycles. The zero-order valence-corrected chi connectivity index (χ0v) is 10.2. The van der Waals surface area contributed by atoms with Crippen molar-refractivity contribution in [2.75, 3.05) is 13.1 Å². The molecule has 3 nitrogen and oxygen atoms in total. The van der Waals surface area contributed by atoms with Crippen LogP contribution in [0.5, 0.6) is 0 Å². The Morgan fingerprint density at radius 3 is 2.94 bits per heavy atom. The van der Waals surface area contributed by atoms with Gasteiger partial charge in [0.2, 0.25) is 0 Å². The standard InChI is InChI=1S/C13H21N3/c1-3-7-16-8-6-12(14)13(16)11-5-4-10(2)15-9-11/h4-5,9,12-13H,3,6-8,14H2,1-2H3/t12-,13+/m1/s1. The third kappa shape index (κ3) is 2.25. The molecular weight excluding hydrogens is 198 g/mol.